The zero-order valence-electron chi connectivity index (χ0n) is 13.5. The molecule has 0 bridgehead atoms. The van der Waals surface area contributed by atoms with Gasteiger partial charge in [-0.15, -0.1) is 0 Å². The van der Waals surface area contributed by atoms with E-state index in [1.807, 2.05) is 26.1 Å². The molecule has 0 fully saturated rings. The van der Waals surface area contributed by atoms with Crippen LogP contribution in [0.5, 0.6) is 5.75 Å². The third-order valence-corrected chi connectivity index (χ3v) is 3.48. The summed E-state index contributed by atoms with van der Waals surface area (Å²) in [6, 6.07) is 8.45. The molecule has 0 heterocycles. The lowest BCUT2D eigenvalue weighted by Crippen LogP contribution is -2.28. The maximum atomic E-state index is 11.7. The molecule has 0 aromatic heterocycles. The number of hydrogen-bond donors (Lipinski definition) is 1. The number of rotatable bonds is 9. The lowest BCUT2D eigenvalue weighted by atomic mass is 10.1. The Bertz CT molecular complexity index is 417. The Labute approximate surface area is 127 Å². The summed E-state index contributed by atoms with van der Waals surface area (Å²) in [6.45, 7) is 6.25. The van der Waals surface area contributed by atoms with Gasteiger partial charge >= 0.3 is 5.97 Å². The van der Waals surface area contributed by atoms with Crippen LogP contribution in [0.4, 0.5) is 0 Å². The first kappa shape index (κ1) is 17.5. The van der Waals surface area contributed by atoms with E-state index in [2.05, 4.69) is 24.4 Å². The van der Waals surface area contributed by atoms with Gasteiger partial charge in [0.05, 0.1) is 6.61 Å². The second kappa shape index (κ2) is 9.40. The van der Waals surface area contributed by atoms with Gasteiger partial charge in [0.2, 0.25) is 0 Å². The van der Waals surface area contributed by atoms with E-state index in [9.17, 15) is 4.79 Å². The van der Waals surface area contributed by atoms with E-state index in [0.29, 0.717) is 24.8 Å². The molecule has 0 aliphatic heterocycles. The Morgan fingerprint density at radius 1 is 1.24 bits per heavy atom. The highest BCUT2D eigenvalue weighted by Crippen LogP contribution is 2.17. The normalized spacial score (nSPS) is 13.5. The topological polar surface area (TPSA) is 47.6 Å². The maximum absolute atomic E-state index is 11.7. The summed E-state index contributed by atoms with van der Waals surface area (Å²) < 4.78 is 10.7. The fourth-order valence-electron chi connectivity index (χ4n) is 1.96. The molecule has 2 atom stereocenters. The van der Waals surface area contributed by atoms with Crippen molar-refractivity contribution in [2.75, 3.05) is 13.7 Å². The van der Waals surface area contributed by atoms with E-state index in [1.54, 1.807) is 6.92 Å². The van der Waals surface area contributed by atoms with Gasteiger partial charge in [-0.05, 0) is 57.9 Å². The number of hydrogen-bond acceptors (Lipinski definition) is 4. The van der Waals surface area contributed by atoms with Crippen LogP contribution in [-0.4, -0.2) is 31.8 Å². The smallest absolute Gasteiger partial charge is 0.347 e. The molecule has 0 amide bonds. The summed E-state index contributed by atoms with van der Waals surface area (Å²) in [7, 11) is 1.97. The van der Waals surface area contributed by atoms with Crippen LogP contribution in [0.25, 0.3) is 0 Å². The Morgan fingerprint density at radius 2 is 1.90 bits per heavy atom. The van der Waals surface area contributed by atoms with Crippen LogP contribution in [0.1, 0.15) is 39.2 Å². The van der Waals surface area contributed by atoms with E-state index in [-0.39, 0.29) is 5.97 Å². The Morgan fingerprint density at radius 3 is 2.43 bits per heavy atom. The number of ether oxygens (including phenoxy) is 2. The average Bonchev–Trinajstić information content (AvgIpc) is 2.51. The first-order chi connectivity index (χ1) is 10.1. The number of benzene rings is 1. The zero-order valence-corrected chi connectivity index (χ0v) is 13.5. The van der Waals surface area contributed by atoms with Crippen molar-refractivity contribution in [1.29, 1.82) is 0 Å². The average molecular weight is 293 g/mol. The summed E-state index contributed by atoms with van der Waals surface area (Å²) in [6.07, 6.45) is 2.19. The lowest BCUT2D eigenvalue weighted by Gasteiger charge is -2.16. The first-order valence-corrected chi connectivity index (χ1v) is 7.70. The maximum Gasteiger partial charge on any atom is 0.347 e. The molecular formula is C17H27NO3. The van der Waals surface area contributed by atoms with Gasteiger partial charge in [-0.3, -0.25) is 0 Å². The molecule has 0 saturated carbocycles. The minimum absolute atomic E-state index is 0.299. The van der Waals surface area contributed by atoms with Gasteiger partial charge in [0.15, 0.2) is 6.10 Å². The highest BCUT2D eigenvalue weighted by atomic mass is 16.6. The molecule has 4 heteroatoms. The monoisotopic (exact) mass is 293 g/mol. The highest BCUT2D eigenvalue weighted by Gasteiger charge is 2.19. The van der Waals surface area contributed by atoms with Crippen LogP contribution in [-0.2, 0) is 16.0 Å². The second-order valence-corrected chi connectivity index (χ2v) is 5.14. The molecule has 0 aliphatic rings. The third kappa shape index (κ3) is 6.17. The molecule has 0 saturated heterocycles. The Balaban J connectivity index is 2.54. The highest BCUT2D eigenvalue weighted by molar-refractivity contribution is 5.75. The molecule has 0 aliphatic carbocycles. The van der Waals surface area contributed by atoms with Gasteiger partial charge in [-0.1, -0.05) is 19.1 Å². The molecular weight excluding hydrogens is 266 g/mol. The number of carbonyl (C=O) groups excluding carboxylic acids is 1. The third-order valence-electron chi connectivity index (χ3n) is 3.48. The van der Waals surface area contributed by atoms with Gasteiger partial charge in [0, 0.05) is 6.04 Å². The lowest BCUT2D eigenvalue weighted by molar-refractivity contribution is -0.151. The van der Waals surface area contributed by atoms with Gasteiger partial charge in [0.25, 0.3) is 0 Å². The Kier molecular flexibility index (Phi) is 7.83. The van der Waals surface area contributed by atoms with Crippen molar-refractivity contribution in [3.05, 3.63) is 29.8 Å². The van der Waals surface area contributed by atoms with Crippen molar-refractivity contribution in [3.8, 4) is 5.75 Å². The van der Waals surface area contributed by atoms with E-state index < -0.39 is 6.10 Å². The zero-order chi connectivity index (χ0) is 15.7. The van der Waals surface area contributed by atoms with Crippen molar-refractivity contribution in [3.63, 3.8) is 0 Å². The van der Waals surface area contributed by atoms with Crippen LogP contribution in [0.3, 0.4) is 0 Å². The van der Waals surface area contributed by atoms with Crippen LogP contribution in [0, 0.1) is 0 Å². The minimum atomic E-state index is -0.528. The number of carbonyl (C=O) groups is 1. The summed E-state index contributed by atoms with van der Waals surface area (Å²) in [5, 5.41) is 3.23. The number of esters is 1. The molecule has 1 aromatic carbocycles. The molecule has 118 valence electrons. The molecule has 1 N–H and O–H groups in total. The molecule has 0 radical (unpaired) electrons. The van der Waals surface area contributed by atoms with Crippen LogP contribution < -0.4 is 10.1 Å². The van der Waals surface area contributed by atoms with E-state index in [4.69, 9.17) is 9.47 Å². The largest absolute Gasteiger partial charge is 0.479 e. The Hall–Kier alpha value is -1.55. The quantitative estimate of drug-likeness (QED) is 0.711. The summed E-state index contributed by atoms with van der Waals surface area (Å²) in [5.41, 5.74) is 1.27. The predicted octanol–water partition coefficient (Wildman–Crippen LogP) is 2.95. The number of aryl methyl sites for hydroxylation is 1. The first-order valence-electron chi connectivity index (χ1n) is 7.70. The molecule has 2 unspecified atom stereocenters. The van der Waals surface area contributed by atoms with Crippen LogP contribution in [0.2, 0.25) is 0 Å². The van der Waals surface area contributed by atoms with Gasteiger partial charge in [-0.2, -0.15) is 0 Å². The molecule has 1 rings (SSSR count). The van der Waals surface area contributed by atoms with Gasteiger partial charge in [-0.25, -0.2) is 4.79 Å². The molecule has 1 aromatic rings. The molecule has 4 nitrogen and oxygen atoms in total. The van der Waals surface area contributed by atoms with Gasteiger partial charge in [0.1, 0.15) is 5.75 Å². The summed E-state index contributed by atoms with van der Waals surface area (Å²) >= 11 is 0. The van der Waals surface area contributed by atoms with Crippen molar-refractivity contribution in [2.24, 2.45) is 0 Å². The van der Waals surface area contributed by atoms with E-state index in [0.717, 1.165) is 12.8 Å². The fraction of sp³-hybridized carbons (Fsp3) is 0.588. The second-order valence-electron chi connectivity index (χ2n) is 5.14. The van der Waals surface area contributed by atoms with E-state index in [1.165, 1.54) is 5.56 Å². The van der Waals surface area contributed by atoms with Crippen molar-refractivity contribution in [2.45, 2.75) is 52.2 Å². The van der Waals surface area contributed by atoms with Crippen molar-refractivity contribution in [1.82, 2.24) is 5.32 Å². The molecule has 0 spiro atoms. The minimum Gasteiger partial charge on any atom is -0.479 e. The van der Waals surface area contributed by atoms with Crippen molar-refractivity contribution < 1.29 is 14.3 Å². The standard InChI is InChI=1S/C17H27NO3/c1-5-16(17(19)20-6-2)21-15-11-9-14(10-12-15)8-7-13(3)18-4/h9-13,16,18H,5-8H2,1-4H3. The summed E-state index contributed by atoms with van der Waals surface area (Å²) in [5.74, 6) is 0.409. The SMILES string of the molecule is CCOC(=O)C(CC)Oc1ccc(CCC(C)NC)cc1. The van der Waals surface area contributed by atoms with Crippen molar-refractivity contribution >= 4 is 5.97 Å². The predicted molar refractivity (Wildman–Crippen MR) is 84.6 cm³/mol. The van der Waals surface area contributed by atoms with Gasteiger partial charge < -0.3 is 14.8 Å². The fourth-order valence-corrected chi connectivity index (χ4v) is 1.96. The summed E-state index contributed by atoms with van der Waals surface area (Å²) in [4.78, 5) is 11.7. The molecule has 21 heavy (non-hydrogen) atoms. The van der Waals surface area contributed by atoms with Crippen LogP contribution in [0.15, 0.2) is 24.3 Å². The van der Waals surface area contributed by atoms with Crippen LogP contribution >= 0.6 is 0 Å². The number of nitrogens with one attached hydrogen (secondary N) is 1. The van der Waals surface area contributed by atoms with E-state index >= 15 is 0 Å².